The van der Waals surface area contributed by atoms with Crippen molar-refractivity contribution in [3.8, 4) is 23.8 Å². The molecule has 23 heavy (non-hydrogen) atoms. The summed E-state index contributed by atoms with van der Waals surface area (Å²) in [5, 5.41) is 9.00. The van der Waals surface area contributed by atoms with Crippen LogP contribution in [0.4, 0.5) is 13.2 Å². The molecule has 0 heterocycles. The SMILES string of the molecule is C#CC1(Oc2cc(C(=O)O)ccc2OC(F)(F)F)CCCCC1. The van der Waals surface area contributed by atoms with E-state index in [-0.39, 0.29) is 11.3 Å². The van der Waals surface area contributed by atoms with Crippen molar-refractivity contribution in [2.75, 3.05) is 0 Å². The van der Waals surface area contributed by atoms with Gasteiger partial charge in [-0.15, -0.1) is 19.6 Å². The van der Waals surface area contributed by atoms with E-state index in [0.717, 1.165) is 37.5 Å². The first-order valence-corrected chi connectivity index (χ1v) is 7.04. The van der Waals surface area contributed by atoms with Crippen molar-refractivity contribution in [3.63, 3.8) is 0 Å². The Morgan fingerprint density at radius 1 is 1.22 bits per heavy atom. The maximum Gasteiger partial charge on any atom is 0.573 e. The number of halogens is 3. The smallest absolute Gasteiger partial charge is 0.478 e. The molecule has 0 unspecified atom stereocenters. The fraction of sp³-hybridized carbons (Fsp3) is 0.438. The van der Waals surface area contributed by atoms with Gasteiger partial charge in [0.05, 0.1) is 5.56 Å². The van der Waals surface area contributed by atoms with Crippen LogP contribution in [-0.4, -0.2) is 23.0 Å². The standard InChI is InChI=1S/C16H15F3O4/c1-2-15(8-4-3-5-9-15)22-13-10-11(14(20)21)6-7-12(13)23-16(17,18)19/h1,6-7,10H,3-5,8-9H2,(H,20,21). The topological polar surface area (TPSA) is 55.8 Å². The maximum absolute atomic E-state index is 12.5. The van der Waals surface area contributed by atoms with Crippen molar-refractivity contribution in [3.05, 3.63) is 23.8 Å². The Kier molecular flexibility index (Phi) is 4.73. The lowest BCUT2D eigenvalue weighted by atomic mass is 9.85. The van der Waals surface area contributed by atoms with Gasteiger partial charge in [-0.25, -0.2) is 4.79 Å². The van der Waals surface area contributed by atoms with E-state index < -0.39 is 23.7 Å². The first kappa shape index (κ1) is 17.0. The van der Waals surface area contributed by atoms with Crippen molar-refractivity contribution in [1.82, 2.24) is 0 Å². The number of benzene rings is 1. The van der Waals surface area contributed by atoms with Gasteiger partial charge in [0.2, 0.25) is 0 Å². The molecule has 1 saturated carbocycles. The Labute approximate surface area is 131 Å². The molecule has 124 valence electrons. The molecule has 2 rings (SSSR count). The lowest BCUT2D eigenvalue weighted by Crippen LogP contribution is -2.36. The summed E-state index contributed by atoms with van der Waals surface area (Å²) in [6.45, 7) is 0. The number of carboxylic acid groups (broad SMARTS) is 1. The van der Waals surface area contributed by atoms with E-state index in [9.17, 15) is 18.0 Å². The molecular weight excluding hydrogens is 313 g/mol. The Bertz CT molecular complexity index is 625. The lowest BCUT2D eigenvalue weighted by Gasteiger charge is -2.33. The van der Waals surface area contributed by atoms with E-state index in [1.807, 2.05) is 0 Å². The summed E-state index contributed by atoms with van der Waals surface area (Å²) in [7, 11) is 0. The monoisotopic (exact) mass is 328 g/mol. The Balaban J connectivity index is 2.38. The van der Waals surface area contributed by atoms with E-state index in [4.69, 9.17) is 16.3 Å². The Morgan fingerprint density at radius 2 is 1.87 bits per heavy atom. The van der Waals surface area contributed by atoms with Gasteiger partial charge in [0, 0.05) is 0 Å². The molecule has 1 aromatic rings. The third-order valence-electron chi connectivity index (χ3n) is 3.65. The quantitative estimate of drug-likeness (QED) is 0.849. The lowest BCUT2D eigenvalue weighted by molar-refractivity contribution is -0.275. The molecule has 0 amide bonds. The average molecular weight is 328 g/mol. The van der Waals surface area contributed by atoms with Crippen LogP contribution in [0.3, 0.4) is 0 Å². The van der Waals surface area contributed by atoms with Crippen LogP contribution >= 0.6 is 0 Å². The molecule has 1 aromatic carbocycles. The Hall–Kier alpha value is -2.36. The summed E-state index contributed by atoms with van der Waals surface area (Å²) >= 11 is 0. The van der Waals surface area contributed by atoms with Gasteiger partial charge in [0.25, 0.3) is 0 Å². The summed E-state index contributed by atoms with van der Waals surface area (Å²) in [6, 6.07) is 2.93. The number of alkyl halides is 3. The zero-order chi connectivity index (χ0) is 17.1. The van der Waals surface area contributed by atoms with Crippen LogP contribution in [0.15, 0.2) is 18.2 Å². The third kappa shape index (κ3) is 4.31. The highest BCUT2D eigenvalue weighted by atomic mass is 19.4. The van der Waals surface area contributed by atoms with Crippen LogP contribution in [0.2, 0.25) is 0 Å². The van der Waals surface area contributed by atoms with E-state index >= 15 is 0 Å². The summed E-state index contributed by atoms with van der Waals surface area (Å²) in [4.78, 5) is 11.0. The molecule has 0 radical (unpaired) electrons. The first-order chi connectivity index (χ1) is 10.7. The normalized spacial score (nSPS) is 17.1. The summed E-state index contributed by atoms with van der Waals surface area (Å²) in [6.07, 6.45) is 4.12. The number of terminal acetylenes is 1. The zero-order valence-electron chi connectivity index (χ0n) is 12.2. The first-order valence-electron chi connectivity index (χ1n) is 7.04. The van der Waals surface area contributed by atoms with Gasteiger partial charge in [0.15, 0.2) is 17.1 Å². The fourth-order valence-electron chi connectivity index (χ4n) is 2.54. The maximum atomic E-state index is 12.5. The number of carbonyl (C=O) groups is 1. The molecule has 0 bridgehead atoms. The molecular formula is C16H15F3O4. The second-order valence-electron chi connectivity index (χ2n) is 5.32. The van der Waals surface area contributed by atoms with Crippen LogP contribution < -0.4 is 9.47 Å². The van der Waals surface area contributed by atoms with Gasteiger partial charge in [-0.3, -0.25) is 0 Å². The van der Waals surface area contributed by atoms with Gasteiger partial charge < -0.3 is 14.6 Å². The largest absolute Gasteiger partial charge is 0.573 e. The third-order valence-corrected chi connectivity index (χ3v) is 3.65. The minimum Gasteiger partial charge on any atom is -0.478 e. The second kappa shape index (κ2) is 6.41. The van der Waals surface area contributed by atoms with Crippen LogP contribution in [-0.2, 0) is 0 Å². The molecule has 4 nitrogen and oxygen atoms in total. The van der Waals surface area contributed by atoms with Gasteiger partial charge in [-0.2, -0.15) is 0 Å². The molecule has 1 aliphatic rings. The molecule has 7 heteroatoms. The molecule has 0 spiro atoms. The second-order valence-corrected chi connectivity index (χ2v) is 5.32. The number of aromatic carboxylic acids is 1. The van der Waals surface area contributed by atoms with Crippen molar-refractivity contribution < 1.29 is 32.5 Å². The highest BCUT2D eigenvalue weighted by Crippen LogP contribution is 2.39. The van der Waals surface area contributed by atoms with Crippen molar-refractivity contribution in [2.24, 2.45) is 0 Å². The van der Waals surface area contributed by atoms with Crippen molar-refractivity contribution in [2.45, 2.75) is 44.1 Å². The van der Waals surface area contributed by atoms with Crippen molar-refractivity contribution >= 4 is 5.97 Å². The number of ether oxygens (including phenoxy) is 2. The number of hydrogen-bond donors (Lipinski definition) is 1. The van der Waals surface area contributed by atoms with Gasteiger partial charge in [-0.05, 0) is 43.9 Å². The molecule has 0 atom stereocenters. The van der Waals surface area contributed by atoms with Crippen molar-refractivity contribution in [1.29, 1.82) is 0 Å². The number of hydrogen-bond acceptors (Lipinski definition) is 3. The minimum atomic E-state index is -4.92. The predicted octanol–water partition coefficient (Wildman–Crippen LogP) is 4.00. The molecule has 0 aliphatic heterocycles. The number of carboxylic acids is 1. The summed E-state index contributed by atoms with van der Waals surface area (Å²) in [5.74, 6) is 0.287. The van der Waals surface area contributed by atoms with E-state index in [2.05, 4.69) is 10.7 Å². The fourth-order valence-corrected chi connectivity index (χ4v) is 2.54. The highest BCUT2D eigenvalue weighted by Gasteiger charge is 2.36. The van der Waals surface area contributed by atoms with E-state index in [1.165, 1.54) is 0 Å². The van der Waals surface area contributed by atoms with E-state index in [0.29, 0.717) is 12.8 Å². The molecule has 1 N–H and O–H groups in total. The van der Waals surface area contributed by atoms with Crippen LogP contribution in [0.5, 0.6) is 11.5 Å². The summed E-state index contributed by atoms with van der Waals surface area (Å²) in [5.41, 5.74) is -1.25. The molecule has 1 fully saturated rings. The van der Waals surface area contributed by atoms with Gasteiger partial charge in [0.1, 0.15) is 0 Å². The van der Waals surface area contributed by atoms with Crippen LogP contribution in [0, 0.1) is 12.3 Å². The zero-order valence-corrected chi connectivity index (χ0v) is 12.2. The molecule has 0 saturated heterocycles. The highest BCUT2D eigenvalue weighted by molar-refractivity contribution is 5.88. The molecule has 0 aromatic heterocycles. The van der Waals surface area contributed by atoms with Crippen LogP contribution in [0.25, 0.3) is 0 Å². The Morgan fingerprint density at radius 3 is 2.39 bits per heavy atom. The number of rotatable bonds is 4. The van der Waals surface area contributed by atoms with Crippen LogP contribution in [0.1, 0.15) is 42.5 Å². The molecule has 1 aliphatic carbocycles. The summed E-state index contributed by atoms with van der Waals surface area (Å²) < 4.78 is 47.1. The average Bonchev–Trinajstić information content (AvgIpc) is 2.48. The van der Waals surface area contributed by atoms with E-state index in [1.54, 1.807) is 0 Å². The minimum absolute atomic E-state index is 0.211. The predicted molar refractivity (Wildman–Crippen MR) is 75.4 cm³/mol. The van der Waals surface area contributed by atoms with Gasteiger partial charge in [-0.1, -0.05) is 12.3 Å². The van der Waals surface area contributed by atoms with Gasteiger partial charge >= 0.3 is 12.3 Å².